The molecule has 1 atom stereocenters. The van der Waals surface area contributed by atoms with Crippen LogP contribution in [0.4, 0.5) is 5.69 Å². The second-order valence-electron chi connectivity index (χ2n) is 7.75. The smallest absolute Gasteiger partial charge is 0.309 e. The summed E-state index contributed by atoms with van der Waals surface area (Å²) < 4.78 is 5.51. The number of esters is 1. The SMILES string of the molecule is C[C@H](OC(=O)C1CCN(C(=O)C(C)(C)C)CC1)c1cccc([N+](=O)[O-])c1. The molecule has 0 aliphatic carbocycles. The molecule has 1 heterocycles. The molecule has 142 valence electrons. The minimum atomic E-state index is -0.559. The molecule has 1 amide bonds. The molecule has 0 N–H and O–H groups in total. The standard InChI is InChI=1S/C19H26N2O5/c1-13(15-6-5-7-16(12-15)21(24)25)26-17(22)14-8-10-20(11-9-14)18(23)19(2,3)4/h5-7,12-14H,8-11H2,1-4H3/t13-/m0/s1. The van der Waals surface area contributed by atoms with E-state index in [4.69, 9.17) is 4.74 Å². The highest BCUT2D eigenvalue weighted by Gasteiger charge is 2.33. The van der Waals surface area contributed by atoms with Gasteiger partial charge in [-0.3, -0.25) is 19.7 Å². The first kappa shape index (κ1) is 19.9. The fraction of sp³-hybridized carbons (Fsp3) is 0.579. The molecule has 1 saturated heterocycles. The summed E-state index contributed by atoms with van der Waals surface area (Å²) in [4.78, 5) is 36.9. The predicted molar refractivity (Wildman–Crippen MR) is 96.4 cm³/mol. The van der Waals surface area contributed by atoms with Crippen LogP contribution in [0.2, 0.25) is 0 Å². The molecule has 7 heteroatoms. The lowest BCUT2D eigenvalue weighted by atomic mass is 9.91. The number of piperidine rings is 1. The molecule has 0 unspecified atom stereocenters. The molecule has 7 nitrogen and oxygen atoms in total. The first-order chi connectivity index (χ1) is 12.1. The summed E-state index contributed by atoms with van der Waals surface area (Å²) in [7, 11) is 0. The Morgan fingerprint density at radius 1 is 1.27 bits per heavy atom. The molecule has 1 aromatic carbocycles. The molecule has 0 saturated carbocycles. The van der Waals surface area contributed by atoms with Crippen LogP contribution in [0.1, 0.15) is 52.2 Å². The van der Waals surface area contributed by atoms with Crippen molar-refractivity contribution in [1.29, 1.82) is 0 Å². The summed E-state index contributed by atoms with van der Waals surface area (Å²) in [5.74, 6) is -0.471. The highest BCUT2D eigenvalue weighted by atomic mass is 16.6. The quantitative estimate of drug-likeness (QED) is 0.465. The zero-order valence-electron chi connectivity index (χ0n) is 15.7. The summed E-state index contributed by atoms with van der Waals surface area (Å²) >= 11 is 0. The van der Waals surface area contributed by atoms with Gasteiger partial charge in [-0.2, -0.15) is 0 Å². The molecular formula is C19H26N2O5. The van der Waals surface area contributed by atoms with E-state index >= 15 is 0 Å². The molecule has 1 aromatic rings. The Hall–Kier alpha value is -2.44. The van der Waals surface area contributed by atoms with Gasteiger partial charge >= 0.3 is 5.97 Å². The monoisotopic (exact) mass is 362 g/mol. The third-order valence-corrected chi connectivity index (χ3v) is 4.60. The number of ether oxygens (including phenoxy) is 1. The van der Waals surface area contributed by atoms with E-state index < -0.39 is 16.4 Å². The van der Waals surface area contributed by atoms with Crippen LogP contribution in [0, 0.1) is 21.4 Å². The molecule has 0 radical (unpaired) electrons. The summed E-state index contributed by atoms with van der Waals surface area (Å²) in [5, 5.41) is 10.9. The van der Waals surface area contributed by atoms with E-state index in [0.29, 0.717) is 31.5 Å². The van der Waals surface area contributed by atoms with E-state index in [-0.39, 0.29) is 23.5 Å². The van der Waals surface area contributed by atoms with Crippen LogP contribution in [-0.2, 0) is 14.3 Å². The van der Waals surface area contributed by atoms with E-state index in [1.54, 1.807) is 24.0 Å². The first-order valence-corrected chi connectivity index (χ1v) is 8.84. The number of rotatable bonds is 4. The van der Waals surface area contributed by atoms with Gasteiger partial charge in [-0.25, -0.2) is 0 Å². The van der Waals surface area contributed by atoms with Crippen molar-refractivity contribution in [1.82, 2.24) is 4.90 Å². The third kappa shape index (κ3) is 4.80. The van der Waals surface area contributed by atoms with Gasteiger partial charge < -0.3 is 9.64 Å². The van der Waals surface area contributed by atoms with Gasteiger partial charge in [-0.05, 0) is 25.3 Å². The van der Waals surface area contributed by atoms with E-state index in [0.717, 1.165) is 0 Å². The maximum absolute atomic E-state index is 12.4. The molecule has 2 rings (SSSR count). The normalized spacial score (nSPS) is 16.8. The van der Waals surface area contributed by atoms with Crippen molar-refractivity contribution < 1.29 is 19.2 Å². The highest BCUT2D eigenvalue weighted by Crippen LogP contribution is 2.27. The van der Waals surface area contributed by atoms with E-state index in [1.165, 1.54) is 12.1 Å². The number of hydrogen-bond donors (Lipinski definition) is 0. The maximum Gasteiger partial charge on any atom is 0.309 e. The molecule has 0 aromatic heterocycles. The van der Waals surface area contributed by atoms with Crippen molar-refractivity contribution in [2.75, 3.05) is 13.1 Å². The summed E-state index contributed by atoms with van der Waals surface area (Å²) in [6.07, 6.45) is 0.585. The van der Waals surface area contributed by atoms with Crippen LogP contribution < -0.4 is 0 Å². The minimum Gasteiger partial charge on any atom is -0.458 e. The number of carbonyl (C=O) groups excluding carboxylic acids is 2. The second-order valence-corrected chi connectivity index (χ2v) is 7.75. The highest BCUT2D eigenvalue weighted by molar-refractivity contribution is 5.82. The van der Waals surface area contributed by atoms with Crippen molar-refractivity contribution >= 4 is 17.6 Å². The average Bonchev–Trinajstić information content (AvgIpc) is 2.60. The van der Waals surface area contributed by atoms with E-state index in [9.17, 15) is 19.7 Å². The van der Waals surface area contributed by atoms with Gasteiger partial charge in [0, 0.05) is 30.6 Å². The number of nitro groups is 1. The Bertz CT molecular complexity index is 687. The molecular weight excluding hydrogens is 336 g/mol. The Kier molecular flexibility index (Phi) is 6.00. The van der Waals surface area contributed by atoms with E-state index in [2.05, 4.69) is 0 Å². The number of amides is 1. The summed E-state index contributed by atoms with van der Waals surface area (Å²) in [5.41, 5.74) is 0.136. The van der Waals surface area contributed by atoms with Gasteiger partial charge in [0.05, 0.1) is 10.8 Å². The van der Waals surface area contributed by atoms with Crippen LogP contribution in [0.3, 0.4) is 0 Å². The van der Waals surface area contributed by atoms with Crippen LogP contribution in [0.5, 0.6) is 0 Å². The fourth-order valence-electron chi connectivity index (χ4n) is 3.02. The zero-order chi connectivity index (χ0) is 19.5. The van der Waals surface area contributed by atoms with Gasteiger partial charge in [0.25, 0.3) is 5.69 Å². The first-order valence-electron chi connectivity index (χ1n) is 8.84. The van der Waals surface area contributed by atoms with Gasteiger partial charge in [-0.15, -0.1) is 0 Å². The number of nitrogens with zero attached hydrogens (tertiary/aromatic N) is 2. The maximum atomic E-state index is 12.4. The van der Waals surface area contributed by atoms with Gasteiger partial charge in [0.2, 0.25) is 5.91 Å². The van der Waals surface area contributed by atoms with Crippen LogP contribution in [-0.4, -0.2) is 34.8 Å². The van der Waals surface area contributed by atoms with Crippen molar-refractivity contribution in [2.45, 2.75) is 46.6 Å². The minimum absolute atomic E-state index is 0.0283. The summed E-state index contributed by atoms with van der Waals surface area (Å²) in [6, 6.07) is 6.10. The fourth-order valence-corrected chi connectivity index (χ4v) is 3.02. The lowest BCUT2D eigenvalue weighted by molar-refractivity contribution is -0.385. The Morgan fingerprint density at radius 3 is 2.42 bits per heavy atom. The van der Waals surface area contributed by atoms with E-state index in [1.807, 2.05) is 20.8 Å². The molecule has 0 spiro atoms. The van der Waals surface area contributed by atoms with Crippen LogP contribution >= 0.6 is 0 Å². The number of nitro benzene ring substituents is 1. The predicted octanol–water partition coefficient (Wildman–Crippen LogP) is 3.48. The number of carbonyl (C=O) groups is 2. The topological polar surface area (TPSA) is 89.8 Å². The molecule has 1 fully saturated rings. The van der Waals surface area contributed by atoms with Crippen LogP contribution in [0.25, 0.3) is 0 Å². The Labute approximate surface area is 153 Å². The van der Waals surface area contributed by atoms with Crippen molar-refractivity contribution in [3.63, 3.8) is 0 Å². The third-order valence-electron chi connectivity index (χ3n) is 4.60. The molecule has 1 aliphatic rings. The Morgan fingerprint density at radius 2 is 1.88 bits per heavy atom. The van der Waals surface area contributed by atoms with Crippen molar-refractivity contribution in [3.05, 3.63) is 39.9 Å². The average molecular weight is 362 g/mol. The molecule has 0 bridgehead atoms. The van der Waals surface area contributed by atoms with Crippen molar-refractivity contribution in [3.8, 4) is 0 Å². The van der Waals surface area contributed by atoms with Crippen molar-refractivity contribution in [2.24, 2.45) is 11.3 Å². The number of non-ortho nitro benzene ring substituents is 1. The molecule has 26 heavy (non-hydrogen) atoms. The number of benzene rings is 1. The lowest BCUT2D eigenvalue weighted by Gasteiger charge is -2.35. The second kappa shape index (κ2) is 7.85. The molecule has 1 aliphatic heterocycles. The Balaban J connectivity index is 1.92. The van der Waals surface area contributed by atoms with Gasteiger partial charge in [0.15, 0.2) is 0 Å². The number of hydrogen-bond acceptors (Lipinski definition) is 5. The largest absolute Gasteiger partial charge is 0.458 e. The lowest BCUT2D eigenvalue weighted by Crippen LogP contribution is -2.45. The summed E-state index contributed by atoms with van der Waals surface area (Å²) in [6.45, 7) is 8.45. The zero-order valence-corrected chi connectivity index (χ0v) is 15.7. The van der Waals surface area contributed by atoms with Gasteiger partial charge in [0.1, 0.15) is 6.10 Å². The van der Waals surface area contributed by atoms with Gasteiger partial charge in [-0.1, -0.05) is 32.9 Å². The van der Waals surface area contributed by atoms with Crippen LogP contribution in [0.15, 0.2) is 24.3 Å². The number of likely N-dealkylation sites (tertiary alicyclic amines) is 1.